The van der Waals surface area contributed by atoms with E-state index in [1.54, 1.807) is 43.6 Å². The number of nitrogen functional groups attached to an aromatic ring is 1. The number of amides is 1. The smallest absolute Gasteiger partial charge is 0.397 e. The average Bonchev–Trinajstić information content (AvgIpc) is 3.55. The molecule has 0 saturated heterocycles. The van der Waals surface area contributed by atoms with E-state index in [1.807, 2.05) is 0 Å². The number of nitrogens with zero attached hydrogens (tertiary/aromatic N) is 4. The second-order valence-corrected chi connectivity index (χ2v) is 9.44. The van der Waals surface area contributed by atoms with Crippen molar-refractivity contribution in [1.29, 1.82) is 0 Å². The number of alkyl halides is 3. The Kier molecular flexibility index (Phi) is 7.11. The van der Waals surface area contributed by atoms with Crippen molar-refractivity contribution in [3.8, 4) is 28.3 Å². The van der Waals surface area contributed by atoms with E-state index in [0.29, 0.717) is 22.2 Å². The Morgan fingerprint density at radius 3 is 2.54 bits per heavy atom. The molecule has 0 aliphatic carbocycles. The lowest BCUT2D eigenvalue weighted by Gasteiger charge is -2.20. The zero-order valence-electron chi connectivity index (χ0n) is 22.2. The van der Waals surface area contributed by atoms with Crippen molar-refractivity contribution >= 4 is 22.6 Å². The zero-order chi connectivity index (χ0) is 29.5. The first-order chi connectivity index (χ1) is 19.5. The predicted molar refractivity (Wildman–Crippen MR) is 145 cm³/mol. The maximum atomic E-state index is 14.0. The summed E-state index contributed by atoms with van der Waals surface area (Å²) in [5, 5.41) is 14.2. The van der Waals surface area contributed by atoms with Crippen molar-refractivity contribution in [3.63, 3.8) is 0 Å². The maximum absolute atomic E-state index is 14.0. The first kappa shape index (κ1) is 27.6. The van der Waals surface area contributed by atoms with Gasteiger partial charge in [0.05, 0.1) is 52.1 Å². The number of halogens is 4. The highest BCUT2D eigenvalue weighted by Crippen LogP contribution is 2.44. The molecule has 0 aliphatic rings. The van der Waals surface area contributed by atoms with Crippen molar-refractivity contribution < 1.29 is 27.1 Å². The first-order valence-corrected chi connectivity index (χ1v) is 12.4. The van der Waals surface area contributed by atoms with Crippen LogP contribution in [0, 0.1) is 5.82 Å². The van der Waals surface area contributed by atoms with Gasteiger partial charge in [0.25, 0.3) is 5.91 Å². The first-order valence-electron chi connectivity index (χ1n) is 12.4. The van der Waals surface area contributed by atoms with Gasteiger partial charge in [-0.2, -0.15) is 23.4 Å². The number of hydrogen-bond acceptors (Lipinski definition) is 6. The number of ether oxygens (including phenoxy) is 1. The SMILES string of the molecule is COc1ccc(F)cc1C(=O)NCc1ccc(-c2nc(C(C)C(F)(F)F)c(-c3ccn(C)n3)c3[nH]nc(N)c23)cc1. The molecule has 0 radical (unpaired) electrons. The summed E-state index contributed by atoms with van der Waals surface area (Å²) in [4.78, 5) is 17.1. The number of carbonyl (C=O) groups excluding carboxylic acids is 1. The number of hydrogen-bond donors (Lipinski definition) is 3. The Labute approximate surface area is 231 Å². The quantitative estimate of drug-likeness (QED) is 0.228. The number of rotatable bonds is 7. The number of carbonyl (C=O) groups is 1. The van der Waals surface area contributed by atoms with E-state index in [1.165, 1.54) is 23.9 Å². The number of nitrogens with two attached hydrogens (primary N) is 1. The molecule has 4 N–H and O–H groups in total. The molecule has 1 unspecified atom stereocenters. The molecule has 0 bridgehead atoms. The number of anilines is 1. The van der Waals surface area contributed by atoms with Crippen LogP contribution in [-0.2, 0) is 13.6 Å². The summed E-state index contributed by atoms with van der Waals surface area (Å²) in [6, 6.07) is 12.0. The third-order valence-electron chi connectivity index (χ3n) is 6.73. The number of aromatic amines is 1. The summed E-state index contributed by atoms with van der Waals surface area (Å²) in [7, 11) is 3.04. The topological polar surface area (TPSA) is 124 Å². The number of pyridine rings is 1. The van der Waals surface area contributed by atoms with E-state index in [0.717, 1.165) is 13.0 Å². The molecule has 5 rings (SSSR count). The number of nitrogens with one attached hydrogen (secondary N) is 2. The van der Waals surface area contributed by atoms with Gasteiger partial charge in [-0.1, -0.05) is 24.3 Å². The van der Waals surface area contributed by atoms with Crippen LogP contribution in [0.4, 0.5) is 23.4 Å². The van der Waals surface area contributed by atoms with Gasteiger partial charge in [0.15, 0.2) is 5.82 Å². The molecule has 1 atom stereocenters. The predicted octanol–water partition coefficient (Wildman–Crippen LogP) is 5.35. The summed E-state index contributed by atoms with van der Waals surface area (Å²) >= 11 is 0. The van der Waals surface area contributed by atoms with Crippen LogP contribution >= 0.6 is 0 Å². The van der Waals surface area contributed by atoms with Crippen LogP contribution < -0.4 is 15.8 Å². The van der Waals surface area contributed by atoms with Gasteiger partial charge in [0.1, 0.15) is 11.6 Å². The highest BCUT2D eigenvalue weighted by Gasteiger charge is 2.41. The summed E-state index contributed by atoms with van der Waals surface area (Å²) in [5.41, 5.74) is 8.15. The van der Waals surface area contributed by atoms with Crippen LogP contribution in [0.1, 0.15) is 34.5 Å². The number of H-pyrrole nitrogens is 1. The second-order valence-electron chi connectivity index (χ2n) is 9.44. The van der Waals surface area contributed by atoms with Gasteiger partial charge < -0.3 is 15.8 Å². The normalized spacial score (nSPS) is 12.5. The number of fused-ring (bicyclic) bond motifs is 1. The van der Waals surface area contributed by atoms with Crippen LogP contribution in [0.25, 0.3) is 33.4 Å². The molecule has 3 heterocycles. The van der Waals surface area contributed by atoms with E-state index in [9.17, 15) is 22.4 Å². The van der Waals surface area contributed by atoms with Gasteiger partial charge in [0.2, 0.25) is 0 Å². The molecular weight excluding hydrogens is 542 g/mol. The fourth-order valence-corrected chi connectivity index (χ4v) is 4.54. The molecule has 0 aliphatic heterocycles. The number of aromatic nitrogens is 5. The van der Waals surface area contributed by atoms with Gasteiger partial charge in [-0.05, 0) is 36.8 Å². The molecular formula is C28H25F4N7O2. The lowest BCUT2D eigenvalue weighted by atomic mass is 9.94. The monoisotopic (exact) mass is 567 g/mol. The Balaban J connectivity index is 1.52. The Morgan fingerprint density at radius 2 is 1.90 bits per heavy atom. The molecule has 0 fully saturated rings. The fraction of sp³-hybridized carbons (Fsp3) is 0.214. The van der Waals surface area contributed by atoms with Crippen LogP contribution in [0.3, 0.4) is 0 Å². The largest absolute Gasteiger partial charge is 0.496 e. The van der Waals surface area contributed by atoms with Gasteiger partial charge in [0, 0.05) is 25.4 Å². The summed E-state index contributed by atoms with van der Waals surface area (Å²) in [6.45, 7) is 1.15. The van der Waals surface area contributed by atoms with Crippen LogP contribution in [0.5, 0.6) is 5.75 Å². The van der Waals surface area contributed by atoms with E-state index in [-0.39, 0.29) is 46.1 Å². The maximum Gasteiger partial charge on any atom is 0.397 e. The zero-order valence-corrected chi connectivity index (χ0v) is 22.2. The van der Waals surface area contributed by atoms with E-state index in [2.05, 4.69) is 25.6 Å². The van der Waals surface area contributed by atoms with E-state index < -0.39 is 23.8 Å². The standard InChI is InChI=1S/C28H25F4N7O2/c1-14(28(30,31)32)23-21(19-10-11-39(2)38-19)25-22(26(33)37-36-25)24(35-23)16-6-4-15(5-7-16)13-34-27(40)18-12-17(29)8-9-20(18)41-3/h4-12,14H,13H2,1-3H3,(H,34,40)(H3,33,36,37). The van der Waals surface area contributed by atoms with Crippen LogP contribution in [-0.4, -0.2) is 44.2 Å². The second kappa shape index (κ2) is 10.6. The minimum atomic E-state index is -4.57. The molecule has 0 saturated carbocycles. The lowest BCUT2D eigenvalue weighted by Crippen LogP contribution is -2.23. The molecule has 41 heavy (non-hydrogen) atoms. The minimum absolute atomic E-state index is 0.0467. The van der Waals surface area contributed by atoms with Crippen LogP contribution in [0.15, 0.2) is 54.7 Å². The fourth-order valence-electron chi connectivity index (χ4n) is 4.54. The van der Waals surface area contributed by atoms with Crippen molar-refractivity contribution in [1.82, 2.24) is 30.3 Å². The van der Waals surface area contributed by atoms with Crippen molar-refractivity contribution in [2.45, 2.75) is 25.6 Å². The lowest BCUT2D eigenvalue weighted by molar-refractivity contribution is -0.146. The Morgan fingerprint density at radius 1 is 1.17 bits per heavy atom. The third-order valence-corrected chi connectivity index (χ3v) is 6.73. The summed E-state index contributed by atoms with van der Waals surface area (Å²) < 4.78 is 62.3. The van der Waals surface area contributed by atoms with E-state index >= 15 is 0 Å². The molecule has 3 aromatic heterocycles. The molecule has 0 spiro atoms. The third kappa shape index (κ3) is 5.30. The minimum Gasteiger partial charge on any atom is -0.496 e. The molecule has 13 heteroatoms. The highest BCUT2D eigenvalue weighted by molar-refractivity contribution is 6.06. The van der Waals surface area contributed by atoms with Crippen LogP contribution in [0.2, 0.25) is 0 Å². The Hall–Kier alpha value is -4.94. The van der Waals surface area contributed by atoms with Gasteiger partial charge in [-0.15, -0.1) is 0 Å². The van der Waals surface area contributed by atoms with Gasteiger partial charge >= 0.3 is 6.18 Å². The van der Waals surface area contributed by atoms with Crippen molar-refractivity contribution in [2.24, 2.45) is 7.05 Å². The molecule has 2 aromatic carbocycles. The summed E-state index contributed by atoms with van der Waals surface area (Å²) in [6.07, 6.45) is -2.95. The van der Waals surface area contributed by atoms with Gasteiger partial charge in [-0.25, -0.2) is 4.39 Å². The molecule has 9 nitrogen and oxygen atoms in total. The number of aryl methyl sites for hydroxylation is 1. The summed E-state index contributed by atoms with van der Waals surface area (Å²) in [5.74, 6) is -2.72. The average molecular weight is 568 g/mol. The molecule has 1 amide bonds. The Bertz CT molecular complexity index is 1740. The van der Waals surface area contributed by atoms with Gasteiger partial charge in [-0.3, -0.25) is 19.6 Å². The highest BCUT2D eigenvalue weighted by atomic mass is 19.4. The van der Waals surface area contributed by atoms with Crippen molar-refractivity contribution in [3.05, 3.63) is 77.4 Å². The number of benzene rings is 2. The van der Waals surface area contributed by atoms with Crippen molar-refractivity contribution in [2.75, 3.05) is 12.8 Å². The molecule has 212 valence electrons. The molecule has 5 aromatic rings. The number of methoxy groups -OCH3 is 1. The van der Waals surface area contributed by atoms with E-state index in [4.69, 9.17) is 10.5 Å².